The maximum absolute atomic E-state index is 5.72. The molecule has 0 radical (unpaired) electrons. The van der Waals surface area contributed by atoms with E-state index in [0.29, 0.717) is 6.61 Å². The zero-order valence-electron chi connectivity index (χ0n) is 11.3. The lowest BCUT2D eigenvalue weighted by molar-refractivity contribution is 0.0710. The first-order valence-corrected chi connectivity index (χ1v) is 6.50. The highest BCUT2D eigenvalue weighted by molar-refractivity contribution is 5.26. The zero-order valence-corrected chi connectivity index (χ0v) is 11.3. The Kier molecular flexibility index (Phi) is 6.98. The van der Waals surface area contributed by atoms with Crippen molar-refractivity contribution in [3.8, 4) is 18.1 Å². The van der Waals surface area contributed by atoms with Gasteiger partial charge < -0.3 is 9.47 Å². The van der Waals surface area contributed by atoms with E-state index >= 15 is 0 Å². The third-order valence-electron chi connectivity index (χ3n) is 2.87. The third-order valence-corrected chi connectivity index (χ3v) is 2.87. The van der Waals surface area contributed by atoms with Crippen molar-refractivity contribution in [3.63, 3.8) is 0 Å². The molecule has 98 valence electrons. The van der Waals surface area contributed by atoms with Crippen molar-refractivity contribution in [1.82, 2.24) is 0 Å². The van der Waals surface area contributed by atoms with Gasteiger partial charge in [-0.05, 0) is 30.5 Å². The Balaban J connectivity index is 2.35. The Bertz CT molecular complexity index is 362. The molecule has 0 aromatic heterocycles. The van der Waals surface area contributed by atoms with Crippen molar-refractivity contribution in [2.45, 2.75) is 45.3 Å². The molecule has 1 aromatic carbocycles. The van der Waals surface area contributed by atoms with Gasteiger partial charge in [0.1, 0.15) is 11.9 Å². The lowest BCUT2D eigenvalue weighted by atomic mass is 10.1. The molecule has 0 N–H and O–H groups in total. The van der Waals surface area contributed by atoms with E-state index in [4.69, 9.17) is 15.9 Å². The fraction of sp³-hybridized carbons (Fsp3) is 0.500. The maximum atomic E-state index is 5.72. The molecule has 18 heavy (non-hydrogen) atoms. The van der Waals surface area contributed by atoms with Crippen LogP contribution in [-0.4, -0.2) is 13.2 Å². The van der Waals surface area contributed by atoms with E-state index < -0.39 is 0 Å². The van der Waals surface area contributed by atoms with E-state index in [1.807, 2.05) is 24.3 Å². The second kappa shape index (κ2) is 8.60. The van der Waals surface area contributed by atoms with Crippen molar-refractivity contribution < 1.29 is 9.47 Å². The fourth-order valence-electron chi connectivity index (χ4n) is 1.71. The van der Waals surface area contributed by atoms with Gasteiger partial charge in [0.2, 0.25) is 0 Å². The molecule has 0 unspecified atom stereocenters. The van der Waals surface area contributed by atoms with Gasteiger partial charge in [-0.15, -0.1) is 6.42 Å². The van der Waals surface area contributed by atoms with Crippen molar-refractivity contribution >= 4 is 0 Å². The van der Waals surface area contributed by atoms with Crippen LogP contribution in [-0.2, 0) is 11.3 Å². The first kappa shape index (κ1) is 14.6. The summed E-state index contributed by atoms with van der Waals surface area (Å²) in [6, 6.07) is 7.86. The van der Waals surface area contributed by atoms with Crippen LogP contribution in [0.3, 0.4) is 0 Å². The minimum Gasteiger partial charge on any atom is -0.497 e. The number of unbranched alkanes of at least 4 members (excludes halogenated alkanes) is 2. The summed E-state index contributed by atoms with van der Waals surface area (Å²) in [7, 11) is 1.66. The van der Waals surface area contributed by atoms with Crippen LogP contribution in [0.5, 0.6) is 5.75 Å². The van der Waals surface area contributed by atoms with E-state index in [-0.39, 0.29) is 6.10 Å². The second-order valence-electron chi connectivity index (χ2n) is 4.31. The van der Waals surface area contributed by atoms with Crippen molar-refractivity contribution in [2.75, 3.05) is 7.11 Å². The summed E-state index contributed by atoms with van der Waals surface area (Å²) in [5.74, 6) is 3.56. The molecule has 0 spiro atoms. The van der Waals surface area contributed by atoms with Crippen LogP contribution >= 0.6 is 0 Å². The van der Waals surface area contributed by atoms with Gasteiger partial charge in [0.15, 0.2) is 0 Å². The first-order chi connectivity index (χ1) is 8.80. The minimum atomic E-state index is -0.0707. The molecule has 0 aliphatic carbocycles. The Morgan fingerprint density at radius 3 is 2.50 bits per heavy atom. The zero-order chi connectivity index (χ0) is 13.2. The van der Waals surface area contributed by atoms with Crippen LogP contribution < -0.4 is 4.74 Å². The number of hydrogen-bond acceptors (Lipinski definition) is 2. The summed E-state index contributed by atoms with van der Waals surface area (Å²) in [6.45, 7) is 2.74. The molecule has 0 saturated carbocycles. The van der Waals surface area contributed by atoms with Gasteiger partial charge in [-0.2, -0.15) is 0 Å². The summed E-state index contributed by atoms with van der Waals surface area (Å²) < 4.78 is 10.8. The standard InChI is InChI=1S/C16H22O2/c1-4-6-7-8-15(5-2)18-13-14-9-11-16(17-3)12-10-14/h2,9-12,15H,4,6-8,13H2,1,3H3/t15-/m1/s1. The fourth-order valence-corrected chi connectivity index (χ4v) is 1.71. The molecular formula is C16H22O2. The molecule has 2 nitrogen and oxygen atoms in total. The summed E-state index contributed by atoms with van der Waals surface area (Å²) in [4.78, 5) is 0. The predicted octanol–water partition coefficient (Wildman–Crippen LogP) is 3.79. The van der Waals surface area contributed by atoms with Crippen molar-refractivity contribution in [2.24, 2.45) is 0 Å². The Morgan fingerprint density at radius 2 is 1.94 bits per heavy atom. The van der Waals surface area contributed by atoms with E-state index in [0.717, 1.165) is 24.2 Å². The van der Waals surface area contributed by atoms with E-state index in [9.17, 15) is 0 Å². The van der Waals surface area contributed by atoms with E-state index in [1.165, 1.54) is 12.8 Å². The van der Waals surface area contributed by atoms with Gasteiger partial charge >= 0.3 is 0 Å². The van der Waals surface area contributed by atoms with Gasteiger partial charge in [0.25, 0.3) is 0 Å². The number of terminal acetylenes is 1. The quantitative estimate of drug-likeness (QED) is 0.513. The molecule has 0 amide bonds. The molecule has 0 fully saturated rings. The molecule has 0 aliphatic rings. The average Bonchev–Trinajstić information content (AvgIpc) is 2.43. The highest BCUT2D eigenvalue weighted by Crippen LogP contribution is 2.14. The number of ether oxygens (including phenoxy) is 2. The molecule has 0 aliphatic heterocycles. The summed E-state index contributed by atoms with van der Waals surface area (Å²) >= 11 is 0. The monoisotopic (exact) mass is 246 g/mol. The normalized spacial score (nSPS) is 11.8. The number of rotatable bonds is 8. The third kappa shape index (κ3) is 5.25. The predicted molar refractivity (Wildman–Crippen MR) is 74.5 cm³/mol. The minimum absolute atomic E-state index is 0.0707. The van der Waals surface area contributed by atoms with Crippen LogP contribution in [0.15, 0.2) is 24.3 Å². The summed E-state index contributed by atoms with van der Waals surface area (Å²) in [5, 5.41) is 0. The molecule has 0 heterocycles. The average molecular weight is 246 g/mol. The lowest BCUT2D eigenvalue weighted by Gasteiger charge is -2.12. The van der Waals surface area contributed by atoms with Crippen molar-refractivity contribution in [1.29, 1.82) is 0 Å². The molecular weight excluding hydrogens is 224 g/mol. The van der Waals surface area contributed by atoms with Crippen LogP contribution in [0.2, 0.25) is 0 Å². The lowest BCUT2D eigenvalue weighted by Crippen LogP contribution is -2.10. The van der Waals surface area contributed by atoms with Gasteiger partial charge in [0, 0.05) is 0 Å². The van der Waals surface area contributed by atoms with Crippen LogP contribution in [0, 0.1) is 12.3 Å². The second-order valence-corrected chi connectivity index (χ2v) is 4.31. The Labute approximate surface area is 110 Å². The number of benzene rings is 1. The topological polar surface area (TPSA) is 18.5 Å². The molecule has 1 rings (SSSR count). The smallest absolute Gasteiger partial charge is 0.118 e. The molecule has 1 aromatic rings. The van der Waals surface area contributed by atoms with Gasteiger partial charge in [-0.1, -0.05) is 37.8 Å². The van der Waals surface area contributed by atoms with Gasteiger partial charge in [0.05, 0.1) is 13.7 Å². The van der Waals surface area contributed by atoms with Gasteiger partial charge in [-0.25, -0.2) is 0 Å². The van der Waals surface area contributed by atoms with Crippen molar-refractivity contribution in [3.05, 3.63) is 29.8 Å². The number of hydrogen-bond donors (Lipinski definition) is 0. The SMILES string of the molecule is C#C[C@H](CCCCC)OCc1ccc(OC)cc1. The largest absolute Gasteiger partial charge is 0.497 e. The van der Waals surface area contributed by atoms with E-state index in [2.05, 4.69) is 12.8 Å². The van der Waals surface area contributed by atoms with Crippen LogP contribution in [0.4, 0.5) is 0 Å². The van der Waals surface area contributed by atoms with Gasteiger partial charge in [-0.3, -0.25) is 0 Å². The Morgan fingerprint density at radius 1 is 1.22 bits per heavy atom. The highest BCUT2D eigenvalue weighted by Gasteiger charge is 2.05. The van der Waals surface area contributed by atoms with E-state index in [1.54, 1.807) is 7.11 Å². The first-order valence-electron chi connectivity index (χ1n) is 6.50. The Hall–Kier alpha value is -1.46. The molecule has 0 saturated heterocycles. The molecule has 0 bridgehead atoms. The molecule has 1 atom stereocenters. The van der Waals surface area contributed by atoms with Crippen LogP contribution in [0.25, 0.3) is 0 Å². The molecule has 2 heteroatoms. The summed E-state index contributed by atoms with van der Waals surface area (Å²) in [6.07, 6.45) is 9.89. The maximum Gasteiger partial charge on any atom is 0.118 e. The van der Waals surface area contributed by atoms with Crippen LogP contribution in [0.1, 0.15) is 38.2 Å². The summed E-state index contributed by atoms with van der Waals surface area (Å²) in [5.41, 5.74) is 1.12. The number of methoxy groups -OCH3 is 1. The highest BCUT2D eigenvalue weighted by atomic mass is 16.5.